The normalized spacial score (nSPS) is 11.5. The van der Waals surface area contributed by atoms with E-state index in [0.717, 1.165) is 22.3 Å². The summed E-state index contributed by atoms with van der Waals surface area (Å²) in [6.45, 7) is 3.84. The van der Waals surface area contributed by atoms with Gasteiger partial charge in [0.2, 0.25) is 5.95 Å². The van der Waals surface area contributed by atoms with Crippen molar-refractivity contribution in [2.24, 2.45) is 5.10 Å². The molecule has 0 unspecified atom stereocenters. The number of rotatable bonds is 5. The van der Waals surface area contributed by atoms with Crippen LogP contribution in [0.4, 0.5) is 5.95 Å². The minimum atomic E-state index is 0.449. The van der Waals surface area contributed by atoms with Crippen molar-refractivity contribution in [3.63, 3.8) is 0 Å². The fourth-order valence-corrected chi connectivity index (χ4v) is 3.23. The first-order valence-electron chi connectivity index (χ1n) is 9.44. The van der Waals surface area contributed by atoms with E-state index in [9.17, 15) is 0 Å². The van der Waals surface area contributed by atoms with Crippen molar-refractivity contribution < 1.29 is 13.9 Å². The van der Waals surface area contributed by atoms with Crippen LogP contribution in [0.2, 0.25) is 0 Å². The summed E-state index contributed by atoms with van der Waals surface area (Å²) < 4.78 is 16.9. The predicted octanol–water partition coefficient (Wildman–Crippen LogP) is 4.45. The summed E-state index contributed by atoms with van der Waals surface area (Å²) in [4.78, 5) is 8.76. The largest absolute Gasteiger partial charge is 0.493 e. The third-order valence-corrected chi connectivity index (χ3v) is 4.58. The average molecular weight is 402 g/mol. The van der Waals surface area contributed by atoms with Crippen molar-refractivity contribution in [3.05, 3.63) is 71.3 Å². The lowest BCUT2D eigenvalue weighted by molar-refractivity contribution is 0.355. The number of ether oxygens (including phenoxy) is 2. The lowest BCUT2D eigenvalue weighted by atomic mass is 10.1. The molecule has 30 heavy (non-hydrogen) atoms. The van der Waals surface area contributed by atoms with Crippen LogP contribution in [0.15, 0.2) is 64.1 Å². The highest BCUT2D eigenvalue weighted by Gasteiger charge is 2.10. The lowest BCUT2D eigenvalue weighted by Gasteiger charge is -2.10. The van der Waals surface area contributed by atoms with Crippen molar-refractivity contribution in [2.75, 3.05) is 19.6 Å². The number of nitrogens with one attached hydrogen (secondary N) is 1. The summed E-state index contributed by atoms with van der Waals surface area (Å²) in [5, 5.41) is 6.14. The average Bonchev–Trinajstić information content (AvgIpc) is 2.76. The third kappa shape index (κ3) is 3.96. The molecule has 152 valence electrons. The van der Waals surface area contributed by atoms with Gasteiger partial charge in [0.05, 0.1) is 19.6 Å². The number of para-hydroxylation sites is 1. The molecular weight excluding hydrogens is 380 g/mol. The van der Waals surface area contributed by atoms with Crippen LogP contribution < -0.4 is 20.3 Å². The number of fused-ring (bicyclic) bond motifs is 1. The van der Waals surface area contributed by atoms with Crippen molar-refractivity contribution in [3.8, 4) is 22.8 Å². The van der Waals surface area contributed by atoms with Gasteiger partial charge in [-0.2, -0.15) is 5.10 Å². The quantitative estimate of drug-likeness (QED) is 0.497. The Kier molecular flexibility index (Phi) is 5.34. The molecule has 0 aliphatic rings. The minimum Gasteiger partial charge on any atom is -0.493 e. The molecule has 0 fully saturated rings. The van der Waals surface area contributed by atoms with Gasteiger partial charge in [0.25, 0.3) is 0 Å². The van der Waals surface area contributed by atoms with Crippen molar-refractivity contribution in [2.45, 2.75) is 13.8 Å². The Balaban J connectivity index is 1.84. The molecule has 7 heteroatoms. The van der Waals surface area contributed by atoms with E-state index in [-0.39, 0.29) is 0 Å². The summed E-state index contributed by atoms with van der Waals surface area (Å²) >= 11 is 0. The van der Waals surface area contributed by atoms with Crippen LogP contribution in [-0.2, 0) is 0 Å². The van der Waals surface area contributed by atoms with Crippen LogP contribution in [0.25, 0.3) is 22.3 Å². The van der Waals surface area contributed by atoms with E-state index >= 15 is 0 Å². The number of nitrogens with zero attached hydrogens (tertiary/aromatic N) is 3. The fourth-order valence-electron chi connectivity index (χ4n) is 3.23. The molecule has 4 aromatic rings. The number of hydrogen-bond acceptors (Lipinski definition) is 7. The number of aryl methyl sites for hydroxylation is 2. The van der Waals surface area contributed by atoms with Gasteiger partial charge >= 0.3 is 0 Å². The van der Waals surface area contributed by atoms with Gasteiger partial charge in [-0.05, 0) is 50.2 Å². The molecule has 0 aliphatic heterocycles. The minimum absolute atomic E-state index is 0.449. The smallest absolute Gasteiger partial charge is 0.243 e. The molecule has 0 amide bonds. The number of methoxy groups -OCH3 is 2. The van der Waals surface area contributed by atoms with Gasteiger partial charge in [0, 0.05) is 28.4 Å². The van der Waals surface area contributed by atoms with Gasteiger partial charge in [-0.1, -0.05) is 12.1 Å². The second kappa shape index (κ2) is 8.24. The molecule has 0 saturated heterocycles. The number of anilines is 1. The number of benzene rings is 2. The molecule has 0 aliphatic carbocycles. The zero-order valence-corrected chi connectivity index (χ0v) is 17.3. The Morgan fingerprint density at radius 2 is 1.60 bits per heavy atom. The maximum absolute atomic E-state index is 6.14. The molecule has 1 N–H and O–H groups in total. The van der Waals surface area contributed by atoms with Gasteiger partial charge in [-0.15, -0.1) is 0 Å². The molecule has 0 atom stereocenters. The molecule has 0 saturated carbocycles. The highest BCUT2D eigenvalue weighted by Crippen LogP contribution is 2.32. The molecule has 0 bridgehead atoms. The Morgan fingerprint density at radius 3 is 2.33 bits per heavy atom. The van der Waals surface area contributed by atoms with Crippen LogP contribution in [0.3, 0.4) is 0 Å². The number of aromatic nitrogens is 2. The standard InChI is InChI=1S/C23H22N4O3/c1-14-11-15(2)25-23(24-14)27-26-18-13-21(30-19-8-6-5-7-17(18)19)16-9-10-20(28-3)22(12-16)29-4/h5-13H,1-4H3,(H,24,25,27)/b26-18+. The molecule has 2 aromatic heterocycles. The Bertz CT molecular complexity index is 1260. The first kappa shape index (κ1) is 19.4. The van der Waals surface area contributed by atoms with Crippen molar-refractivity contribution >= 4 is 16.9 Å². The topological polar surface area (TPSA) is 81.8 Å². The van der Waals surface area contributed by atoms with E-state index in [2.05, 4.69) is 20.5 Å². The van der Waals surface area contributed by atoms with Gasteiger partial charge in [-0.3, -0.25) is 0 Å². The Labute approximate surface area is 174 Å². The summed E-state index contributed by atoms with van der Waals surface area (Å²) in [6, 6.07) is 17.2. The summed E-state index contributed by atoms with van der Waals surface area (Å²) in [5.41, 5.74) is 6.28. The second-order valence-electron chi connectivity index (χ2n) is 6.76. The van der Waals surface area contributed by atoms with Crippen LogP contribution in [0.5, 0.6) is 11.5 Å². The van der Waals surface area contributed by atoms with E-state index in [1.807, 2.05) is 68.4 Å². The lowest BCUT2D eigenvalue weighted by Crippen LogP contribution is -2.09. The van der Waals surface area contributed by atoms with Gasteiger partial charge < -0.3 is 13.9 Å². The van der Waals surface area contributed by atoms with Crippen LogP contribution >= 0.6 is 0 Å². The first-order valence-corrected chi connectivity index (χ1v) is 9.44. The highest BCUT2D eigenvalue weighted by molar-refractivity contribution is 5.78. The summed E-state index contributed by atoms with van der Waals surface area (Å²) in [5.74, 6) is 2.38. The van der Waals surface area contributed by atoms with E-state index in [4.69, 9.17) is 13.9 Å². The molecule has 0 spiro atoms. The molecular formula is C23H22N4O3. The van der Waals surface area contributed by atoms with Crippen molar-refractivity contribution in [1.82, 2.24) is 9.97 Å². The van der Waals surface area contributed by atoms with E-state index < -0.39 is 0 Å². The highest BCUT2D eigenvalue weighted by atomic mass is 16.5. The molecule has 0 radical (unpaired) electrons. The van der Waals surface area contributed by atoms with Gasteiger partial charge in [0.15, 0.2) is 11.5 Å². The van der Waals surface area contributed by atoms with Gasteiger partial charge in [-0.25, -0.2) is 15.4 Å². The van der Waals surface area contributed by atoms with E-state index in [1.165, 1.54) is 0 Å². The molecule has 2 heterocycles. The maximum atomic E-state index is 6.14. The second-order valence-corrected chi connectivity index (χ2v) is 6.76. The fraction of sp³-hybridized carbons (Fsp3) is 0.174. The monoisotopic (exact) mass is 402 g/mol. The van der Waals surface area contributed by atoms with Crippen LogP contribution in [-0.4, -0.2) is 24.2 Å². The van der Waals surface area contributed by atoms with E-state index in [0.29, 0.717) is 34.1 Å². The number of hydrogen-bond donors (Lipinski definition) is 1. The van der Waals surface area contributed by atoms with Crippen molar-refractivity contribution in [1.29, 1.82) is 0 Å². The third-order valence-electron chi connectivity index (χ3n) is 4.58. The summed E-state index contributed by atoms with van der Waals surface area (Å²) in [6.07, 6.45) is 0. The predicted molar refractivity (Wildman–Crippen MR) is 115 cm³/mol. The van der Waals surface area contributed by atoms with E-state index in [1.54, 1.807) is 14.2 Å². The zero-order valence-electron chi connectivity index (χ0n) is 17.3. The maximum Gasteiger partial charge on any atom is 0.243 e. The zero-order chi connectivity index (χ0) is 21.1. The molecule has 2 aromatic carbocycles. The Hall–Kier alpha value is -3.87. The van der Waals surface area contributed by atoms with Crippen LogP contribution in [0, 0.1) is 13.8 Å². The summed E-state index contributed by atoms with van der Waals surface area (Å²) in [7, 11) is 3.21. The van der Waals surface area contributed by atoms with Crippen LogP contribution in [0.1, 0.15) is 11.4 Å². The van der Waals surface area contributed by atoms with Gasteiger partial charge in [0.1, 0.15) is 11.3 Å². The first-order chi connectivity index (χ1) is 14.6. The SMILES string of the molecule is COc1ccc(-c2c/c(=N\Nc3nc(C)cc(C)n3)c3ccccc3o2)cc1OC. The molecule has 7 nitrogen and oxygen atoms in total. The molecule has 4 rings (SSSR count). The Morgan fingerprint density at radius 1 is 0.867 bits per heavy atom.